The van der Waals surface area contributed by atoms with Crippen molar-refractivity contribution in [3.05, 3.63) is 77.2 Å². The first-order chi connectivity index (χ1) is 13.7. The molecule has 0 aliphatic heterocycles. The van der Waals surface area contributed by atoms with Crippen LogP contribution in [0.1, 0.15) is 23.1 Å². The van der Waals surface area contributed by atoms with Gasteiger partial charge in [-0.25, -0.2) is 4.39 Å². The number of alkyl halides is 3. The van der Waals surface area contributed by atoms with Crippen molar-refractivity contribution >= 4 is 5.91 Å². The standard InChI is InChI=1S/C21H19F4N3O/c1-28-13-16(20(27-28)14-6-9-17(22)10-7-14)8-11-19(29)26-12-15-4-2-3-5-18(15)21(23,24)25/h2-7,9-10,13H,8,11-12H2,1H3,(H,26,29). The van der Waals surface area contributed by atoms with Crippen LogP contribution >= 0.6 is 0 Å². The molecule has 3 aromatic rings. The fourth-order valence-corrected chi connectivity index (χ4v) is 3.05. The molecule has 0 saturated carbocycles. The first kappa shape index (κ1) is 20.6. The number of carbonyl (C=O) groups excluding carboxylic acids is 1. The van der Waals surface area contributed by atoms with Crippen LogP contribution in [0.4, 0.5) is 17.6 Å². The van der Waals surface area contributed by atoms with E-state index in [9.17, 15) is 22.4 Å². The van der Waals surface area contributed by atoms with Gasteiger partial charge in [0.1, 0.15) is 5.82 Å². The minimum Gasteiger partial charge on any atom is -0.352 e. The van der Waals surface area contributed by atoms with Gasteiger partial charge in [-0.3, -0.25) is 9.48 Å². The average molecular weight is 405 g/mol. The summed E-state index contributed by atoms with van der Waals surface area (Å²) in [6, 6.07) is 11.0. The zero-order valence-corrected chi connectivity index (χ0v) is 15.6. The Balaban J connectivity index is 1.63. The summed E-state index contributed by atoms with van der Waals surface area (Å²) in [4.78, 5) is 12.2. The van der Waals surface area contributed by atoms with Crippen LogP contribution in [0.15, 0.2) is 54.7 Å². The molecule has 1 N–H and O–H groups in total. The molecule has 0 spiro atoms. The summed E-state index contributed by atoms with van der Waals surface area (Å²) < 4.78 is 53.8. The Labute approximate surface area is 165 Å². The Morgan fingerprint density at radius 2 is 1.76 bits per heavy atom. The summed E-state index contributed by atoms with van der Waals surface area (Å²) in [5, 5.41) is 6.90. The largest absolute Gasteiger partial charge is 0.416 e. The lowest BCUT2D eigenvalue weighted by molar-refractivity contribution is -0.138. The molecular weight excluding hydrogens is 386 g/mol. The van der Waals surface area contributed by atoms with Crippen LogP contribution < -0.4 is 5.32 Å². The SMILES string of the molecule is Cn1cc(CCC(=O)NCc2ccccc2C(F)(F)F)c(-c2ccc(F)cc2)n1. The predicted octanol–water partition coefficient (Wildman–Crippen LogP) is 4.49. The van der Waals surface area contributed by atoms with Gasteiger partial charge in [0.2, 0.25) is 5.91 Å². The van der Waals surface area contributed by atoms with Crippen molar-refractivity contribution in [1.82, 2.24) is 15.1 Å². The fourth-order valence-electron chi connectivity index (χ4n) is 3.05. The lowest BCUT2D eigenvalue weighted by atomic mass is 10.0. The Morgan fingerprint density at radius 3 is 2.45 bits per heavy atom. The average Bonchev–Trinajstić information content (AvgIpc) is 3.05. The highest BCUT2D eigenvalue weighted by atomic mass is 19.4. The molecule has 8 heteroatoms. The second-order valence-corrected chi connectivity index (χ2v) is 6.62. The molecule has 29 heavy (non-hydrogen) atoms. The van der Waals surface area contributed by atoms with Crippen LogP contribution in [0.3, 0.4) is 0 Å². The molecular formula is C21H19F4N3O. The van der Waals surface area contributed by atoms with Gasteiger partial charge in [-0.1, -0.05) is 18.2 Å². The van der Waals surface area contributed by atoms with Crippen molar-refractivity contribution in [2.45, 2.75) is 25.6 Å². The molecule has 0 aliphatic rings. The molecule has 0 fully saturated rings. The van der Waals surface area contributed by atoms with Gasteiger partial charge in [-0.2, -0.15) is 18.3 Å². The van der Waals surface area contributed by atoms with E-state index >= 15 is 0 Å². The van der Waals surface area contributed by atoms with E-state index in [2.05, 4.69) is 10.4 Å². The van der Waals surface area contributed by atoms with Crippen molar-refractivity contribution in [2.75, 3.05) is 0 Å². The van der Waals surface area contributed by atoms with Crippen LogP contribution in [0.2, 0.25) is 0 Å². The fraction of sp³-hybridized carbons (Fsp3) is 0.238. The topological polar surface area (TPSA) is 46.9 Å². The summed E-state index contributed by atoms with van der Waals surface area (Å²) in [5.41, 5.74) is 1.42. The number of hydrogen-bond donors (Lipinski definition) is 1. The smallest absolute Gasteiger partial charge is 0.352 e. The van der Waals surface area contributed by atoms with Gasteiger partial charge in [0.15, 0.2) is 0 Å². The third-order valence-corrected chi connectivity index (χ3v) is 4.44. The summed E-state index contributed by atoms with van der Waals surface area (Å²) in [6.45, 7) is -0.202. The highest BCUT2D eigenvalue weighted by Crippen LogP contribution is 2.31. The van der Waals surface area contributed by atoms with Crippen molar-refractivity contribution in [2.24, 2.45) is 7.05 Å². The number of aromatic nitrogens is 2. The molecule has 1 amide bonds. The van der Waals surface area contributed by atoms with E-state index in [4.69, 9.17) is 0 Å². The zero-order chi connectivity index (χ0) is 21.0. The molecule has 0 atom stereocenters. The van der Waals surface area contributed by atoms with Crippen LogP contribution in [0, 0.1) is 5.82 Å². The van der Waals surface area contributed by atoms with E-state index in [1.807, 2.05) is 0 Å². The Hall–Kier alpha value is -3.16. The minimum atomic E-state index is -4.47. The Kier molecular flexibility index (Phi) is 6.00. The molecule has 0 saturated heterocycles. The van der Waals surface area contributed by atoms with Gasteiger partial charge in [0, 0.05) is 31.8 Å². The van der Waals surface area contributed by atoms with E-state index in [0.29, 0.717) is 12.1 Å². The maximum atomic E-state index is 13.1. The molecule has 0 radical (unpaired) electrons. The molecule has 152 valence electrons. The lowest BCUT2D eigenvalue weighted by Gasteiger charge is -2.13. The highest BCUT2D eigenvalue weighted by Gasteiger charge is 2.32. The molecule has 1 aromatic heterocycles. The second-order valence-electron chi connectivity index (χ2n) is 6.62. The van der Waals surface area contributed by atoms with E-state index in [-0.39, 0.29) is 30.3 Å². The number of hydrogen-bond acceptors (Lipinski definition) is 2. The Bertz CT molecular complexity index is 994. The number of benzene rings is 2. The number of amides is 1. The van der Waals surface area contributed by atoms with E-state index < -0.39 is 11.7 Å². The van der Waals surface area contributed by atoms with Gasteiger partial charge in [-0.05, 0) is 47.9 Å². The van der Waals surface area contributed by atoms with Crippen LogP contribution in [0.5, 0.6) is 0 Å². The van der Waals surface area contributed by atoms with Gasteiger partial charge in [-0.15, -0.1) is 0 Å². The number of halogens is 4. The Morgan fingerprint density at radius 1 is 1.07 bits per heavy atom. The number of rotatable bonds is 6. The van der Waals surface area contributed by atoms with Crippen LogP contribution in [0.25, 0.3) is 11.3 Å². The molecule has 4 nitrogen and oxygen atoms in total. The van der Waals surface area contributed by atoms with Gasteiger partial charge in [0.25, 0.3) is 0 Å². The number of nitrogens with one attached hydrogen (secondary N) is 1. The molecule has 0 aliphatic carbocycles. The number of aryl methyl sites for hydroxylation is 2. The van der Waals surface area contributed by atoms with Gasteiger partial charge in [0.05, 0.1) is 11.3 Å². The van der Waals surface area contributed by atoms with Crippen LogP contribution in [-0.2, 0) is 31.0 Å². The summed E-state index contributed by atoms with van der Waals surface area (Å²) in [6.07, 6.45) is -2.26. The second kappa shape index (κ2) is 8.46. The summed E-state index contributed by atoms with van der Waals surface area (Å²) in [5.74, 6) is -0.722. The highest BCUT2D eigenvalue weighted by molar-refractivity contribution is 5.76. The van der Waals surface area contributed by atoms with Gasteiger partial charge >= 0.3 is 6.18 Å². The lowest BCUT2D eigenvalue weighted by Crippen LogP contribution is -2.24. The maximum Gasteiger partial charge on any atom is 0.416 e. The molecule has 1 heterocycles. The molecule has 0 bridgehead atoms. The third-order valence-electron chi connectivity index (χ3n) is 4.44. The first-order valence-electron chi connectivity index (χ1n) is 8.94. The van der Waals surface area contributed by atoms with E-state index in [0.717, 1.165) is 17.2 Å². The van der Waals surface area contributed by atoms with Crippen molar-refractivity contribution < 1.29 is 22.4 Å². The third kappa shape index (κ3) is 5.22. The number of nitrogens with zero attached hydrogens (tertiary/aromatic N) is 2. The van der Waals surface area contributed by atoms with E-state index in [1.165, 1.54) is 30.3 Å². The number of carbonyl (C=O) groups is 1. The molecule has 3 rings (SSSR count). The summed E-state index contributed by atoms with van der Waals surface area (Å²) in [7, 11) is 1.74. The maximum absolute atomic E-state index is 13.1. The van der Waals surface area contributed by atoms with Crippen LogP contribution in [-0.4, -0.2) is 15.7 Å². The zero-order valence-electron chi connectivity index (χ0n) is 15.6. The van der Waals surface area contributed by atoms with Gasteiger partial charge < -0.3 is 5.32 Å². The molecule has 2 aromatic carbocycles. The summed E-state index contributed by atoms with van der Waals surface area (Å²) >= 11 is 0. The van der Waals surface area contributed by atoms with Crippen molar-refractivity contribution in [1.29, 1.82) is 0 Å². The van der Waals surface area contributed by atoms with E-state index in [1.54, 1.807) is 30.1 Å². The van der Waals surface area contributed by atoms with Crippen molar-refractivity contribution in [3.63, 3.8) is 0 Å². The normalized spacial score (nSPS) is 11.5. The predicted molar refractivity (Wildman–Crippen MR) is 100 cm³/mol. The minimum absolute atomic E-state index is 0.0155. The first-order valence-corrected chi connectivity index (χ1v) is 8.94. The molecule has 0 unspecified atom stereocenters. The monoisotopic (exact) mass is 405 g/mol. The quantitative estimate of drug-likeness (QED) is 0.614. The van der Waals surface area contributed by atoms with Crippen molar-refractivity contribution in [3.8, 4) is 11.3 Å².